The van der Waals surface area contributed by atoms with Crippen LogP contribution >= 0.6 is 11.3 Å². The van der Waals surface area contributed by atoms with E-state index in [2.05, 4.69) is 10.4 Å². The maximum Gasteiger partial charge on any atom is 0.270 e. The number of nitrogens with zero attached hydrogens (tertiary/aromatic N) is 2. The van der Waals surface area contributed by atoms with Crippen LogP contribution in [-0.4, -0.2) is 24.1 Å². The molecule has 1 amide bonds. The van der Waals surface area contributed by atoms with Gasteiger partial charge in [0.15, 0.2) is 0 Å². The SMILES string of the molecule is Cc1cc(C(=O)NC(C)c2ccc(S(N)(=O)=O)s2)n(C)n1. The van der Waals surface area contributed by atoms with Gasteiger partial charge >= 0.3 is 0 Å². The third kappa shape index (κ3) is 3.49. The molecule has 0 aromatic carbocycles. The number of rotatable bonds is 4. The molecule has 0 fully saturated rings. The first-order valence-corrected chi connectivity index (χ1v) is 8.49. The van der Waals surface area contributed by atoms with Crippen molar-refractivity contribution in [3.63, 3.8) is 0 Å². The number of aromatic nitrogens is 2. The van der Waals surface area contributed by atoms with Gasteiger partial charge < -0.3 is 5.32 Å². The zero-order valence-corrected chi connectivity index (χ0v) is 13.5. The van der Waals surface area contributed by atoms with Gasteiger partial charge in [-0.15, -0.1) is 11.3 Å². The topological polar surface area (TPSA) is 107 Å². The Morgan fingerprint density at radius 3 is 2.62 bits per heavy atom. The molecule has 21 heavy (non-hydrogen) atoms. The number of carbonyl (C=O) groups is 1. The van der Waals surface area contributed by atoms with Gasteiger partial charge in [0.05, 0.1) is 11.7 Å². The number of carbonyl (C=O) groups excluding carboxylic acids is 1. The van der Waals surface area contributed by atoms with Crippen molar-refractivity contribution in [1.82, 2.24) is 15.1 Å². The minimum atomic E-state index is -3.71. The lowest BCUT2D eigenvalue weighted by Crippen LogP contribution is -2.27. The summed E-state index contributed by atoms with van der Waals surface area (Å²) in [4.78, 5) is 12.9. The van der Waals surface area contributed by atoms with Crippen LogP contribution in [-0.2, 0) is 17.1 Å². The van der Waals surface area contributed by atoms with E-state index in [0.29, 0.717) is 10.6 Å². The Hall–Kier alpha value is -1.71. The number of nitrogens with two attached hydrogens (primary N) is 1. The molecule has 2 rings (SSSR count). The summed E-state index contributed by atoms with van der Waals surface area (Å²) in [6, 6.07) is 4.44. The summed E-state index contributed by atoms with van der Waals surface area (Å²) in [5.41, 5.74) is 1.20. The van der Waals surface area contributed by atoms with E-state index in [1.807, 2.05) is 0 Å². The van der Waals surface area contributed by atoms with Crippen molar-refractivity contribution in [3.05, 3.63) is 34.5 Å². The average molecular weight is 328 g/mol. The highest BCUT2D eigenvalue weighted by atomic mass is 32.2. The Labute approximate surface area is 126 Å². The minimum absolute atomic E-state index is 0.0787. The largest absolute Gasteiger partial charge is 0.343 e. The number of amides is 1. The fraction of sp³-hybridized carbons (Fsp3) is 0.333. The van der Waals surface area contributed by atoms with Crippen molar-refractivity contribution >= 4 is 27.3 Å². The number of aryl methyl sites for hydroxylation is 2. The van der Waals surface area contributed by atoms with Gasteiger partial charge in [0, 0.05) is 11.9 Å². The highest BCUT2D eigenvalue weighted by molar-refractivity contribution is 7.91. The normalized spacial score (nSPS) is 13.1. The molecule has 1 unspecified atom stereocenters. The molecule has 1 atom stereocenters. The summed E-state index contributed by atoms with van der Waals surface area (Å²) < 4.78 is 24.1. The Morgan fingerprint density at radius 2 is 2.14 bits per heavy atom. The van der Waals surface area contributed by atoms with Gasteiger partial charge in [-0.3, -0.25) is 9.48 Å². The monoisotopic (exact) mass is 328 g/mol. The van der Waals surface area contributed by atoms with E-state index >= 15 is 0 Å². The van der Waals surface area contributed by atoms with Crippen LogP contribution in [0.4, 0.5) is 0 Å². The molecule has 0 spiro atoms. The summed E-state index contributed by atoms with van der Waals surface area (Å²) in [5.74, 6) is -0.267. The van der Waals surface area contributed by atoms with Gasteiger partial charge in [0.25, 0.3) is 5.91 Å². The van der Waals surface area contributed by atoms with E-state index in [9.17, 15) is 13.2 Å². The predicted molar refractivity (Wildman–Crippen MR) is 79.5 cm³/mol. The van der Waals surface area contributed by atoms with Crippen LogP contribution in [0.2, 0.25) is 0 Å². The van der Waals surface area contributed by atoms with Crippen LogP contribution < -0.4 is 10.5 Å². The van der Waals surface area contributed by atoms with E-state index in [4.69, 9.17) is 5.14 Å². The van der Waals surface area contributed by atoms with Crippen LogP contribution in [0.15, 0.2) is 22.4 Å². The molecular weight excluding hydrogens is 312 g/mol. The molecule has 0 radical (unpaired) electrons. The fourth-order valence-corrected chi connectivity index (χ4v) is 3.64. The number of primary sulfonamides is 1. The zero-order valence-electron chi connectivity index (χ0n) is 11.8. The quantitative estimate of drug-likeness (QED) is 0.870. The summed E-state index contributed by atoms with van der Waals surface area (Å²) >= 11 is 1.04. The highest BCUT2D eigenvalue weighted by Crippen LogP contribution is 2.25. The molecule has 0 aliphatic carbocycles. The first kappa shape index (κ1) is 15.7. The van der Waals surface area contributed by atoms with Crippen LogP contribution in [0.25, 0.3) is 0 Å². The predicted octanol–water partition coefficient (Wildman–Crippen LogP) is 0.928. The summed E-state index contributed by atoms with van der Waals surface area (Å²) in [6.07, 6.45) is 0. The maximum absolute atomic E-state index is 12.2. The van der Waals surface area contributed by atoms with Gasteiger partial charge in [-0.2, -0.15) is 5.10 Å². The smallest absolute Gasteiger partial charge is 0.270 e. The summed E-state index contributed by atoms with van der Waals surface area (Å²) in [6.45, 7) is 3.58. The molecular formula is C12H16N4O3S2. The Balaban J connectivity index is 2.14. The highest BCUT2D eigenvalue weighted by Gasteiger charge is 2.18. The minimum Gasteiger partial charge on any atom is -0.343 e. The van der Waals surface area contributed by atoms with Gasteiger partial charge in [-0.1, -0.05) is 0 Å². The van der Waals surface area contributed by atoms with E-state index in [1.54, 1.807) is 33.0 Å². The van der Waals surface area contributed by atoms with Gasteiger partial charge in [0.1, 0.15) is 9.90 Å². The summed E-state index contributed by atoms with van der Waals surface area (Å²) in [5, 5.41) is 12.0. The van der Waals surface area contributed by atoms with Crippen LogP contribution in [0, 0.1) is 6.92 Å². The molecule has 9 heteroatoms. The fourth-order valence-electron chi connectivity index (χ4n) is 1.88. The Bertz CT molecular complexity index is 776. The van der Waals surface area contributed by atoms with E-state index in [-0.39, 0.29) is 16.2 Å². The molecule has 3 N–H and O–H groups in total. The number of hydrogen-bond donors (Lipinski definition) is 2. The zero-order chi connectivity index (χ0) is 15.8. The molecule has 0 aliphatic heterocycles. The molecule has 2 heterocycles. The summed E-state index contributed by atoms with van der Waals surface area (Å²) in [7, 11) is -2.02. The van der Waals surface area contributed by atoms with Crippen LogP contribution in [0.1, 0.15) is 34.0 Å². The standard InChI is InChI=1S/C12H16N4O3S2/c1-7-6-9(16(3)15-7)12(17)14-8(2)10-4-5-11(20-10)21(13,18)19/h4-6,8H,1-3H3,(H,14,17)(H2,13,18,19). The number of hydrogen-bond acceptors (Lipinski definition) is 5. The Morgan fingerprint density at radius 1 is 1.48 bits per heavy atom. The van der Waals surface area contributed by atoms with Crippen molar-refractivity contribution in [1.29, 1.82) is 0 Å². The first-order chi connectivity index (χ1) is 9.68. The van der Waals surface area contributed by atoms with Crippen molar-refractivity contribution in [2.45, 2.75) is 24.1 Å². The van der Waals surface area contributed by atoms with E-state index in [0.717, 1.165) is 17.0 Å². The van der Waals surface area contributed by atoms with Gasteiger partial charge in [0.2, 0.25) is 10.0 Å². The van der Waals surface area contributed by atoms with Crippen molar-refractivity contribution in [3.8, 4) is 0 Å². The number of nitrogens with one attached hydrogen (secondary N) is 1. The van der Waals surface area contributed by atoms with Crippen LogP contribution in [0.3, 0.4) is 0 Å². The number of sulfonamides is 1. The van der Waals surface area contributed by atoms with E-state index in [1.165, 1.54) is 10.7 Å². The number of thiophene rings is 1. The molecule has 2 aromatic heterocycles. The van der Waals surface area contributed by atoms with Crippen molar-refractivity contribution in [2.24, 2.45) is 12.2 Å². The lowest BCUT2D eigenvalue weighted by molar-refractivity contribution is 0.0931. The van der Waals surface area contributed by atoms with Crippen LogP contribution in [0.5, 0.6) is 0 Å². The second-order valence-corrected chi connectivity index (χ2v) is 7.60. The third-order valence-corrected chi connectivity index (χ3v) is 5.60. The van der Waals surface area contributed by atoms with Crippen molar-refractivity contribution < 1.29 is 13.2 Å². The molecule has 0 aliphatic rings. The molecule has 114 valence electrons. The molecule has 2 aromatic rings. The first-order valence-electron chi connectivity index (χ1n) is 6.12. The lowest BCUT2D eigenvalue weighted by atomic mass is 10.2. The maximum atomic E-state index is 12.2. The Kier molecular flexibility index (Phi) is 4.17. The third-order valence-electron chi connectivity index (χ3n) is 2.89. The molecule has 7 nitrogen and oxygen atoms in total. The molecule has 0 saturated carbocycles. The second kappa shape index (κ2) is 5.58. The van der Waals surface area contributed by atoms with Gasteiger partial charge in [-0.05, 0) is 32.0 Å². The molecule has 0 bridgehead atoms. The lowest BCUT2D eigenvalue weighted by Gasteiger charge is -2.12. The molecule has 0 saturated heterocycles. The van der Waals surface area contributed by atoms with Crippen molar-refractivity contribution in [2.75, 3.05) is 0 Å². The van der Waals surface area contributed by atoms with Gasteiger partial charge in [-0.25, -0.2) is 13.6 Å². The second-order valence-electron chi connectivity index (χ2n) is 4.69. The average Bonchev–Trinajstić information content (AvgIpc) is 2.95. The van der Waals surface area contributed by atoms with E-state index < -0.39 is 10.0 Å².